The Bertz CT molecular complexity index is 854. The highest BCUT2D eigenvalue weighted by atomic mass is 16.5. The summed E-state index contributed by atoms with van der Waals surface area (Å²) in [5.41, 5.74) is 3.25. The first-order valence-electron chi connectivity index (χ1n) is 7.43. The number of rotatable bonds is 3. The van der Waals surface area contributed by atoms with E-state index in [1.165, 1.54) is 0 Å². The van der Waals surface area contributed by atoms with E-state index in [9.17, 15) is 0 Å². The van der Waals surface area contributed by atoms with Crippen LogP contribution < -0.4 is 10.1 Å². The molecular weight excluding hydrogens is 288 g/mol. The van der Waals surface area contributed by atoms with Gasteiger partial charge in [-0.1, -0.05) is 42.5 Å². The second kappa shape index (κ2) is 5.61. The number of fused-ring (bicyclic) bond motifs is 1. The van der Waals surface area contributed by atoms with E-state index in [0.717, 1.165) is 28.5 Å². The van der Waals surface area contributed by atoms with Crippen LogP contribution in [0.2, 0.25) is 0 Å². The zero-order valence-corrected chi connectivity index (χ0v) is 12.7. The standard InChI is InChI=1S/C18H16N4O/c1-23-15-9-5-8-14(10-15)17-11-16(13-6-3-2-4-7-13)21-18-19-12-20-22(17)18/h2-12,17H,1H3,(H,19,20,21)/t17-/m1/s1. The number of nitrogens with one attached hydrogen (secondary N) is 1. The SMILES string of the molecule is COc1cccc([C@H]2C=C(c3ccccc3)Nc3ncnn32)c1. The highest BCUT2D eigenvalue weighted by Crippen LogP contribution is 2.32. The van der Waals surface area contributed by atoms with Crippen LogP contribution in [0, 0.1) is 0 Å². The summed E-state index contributed by atoms with van der Waals surface area (Å²) in [6.45, 7) is 0. The van der Waals surface area contributed by atoms with Crippen LogP contribution in [-0.4, -0.2) is 21.9 Å². The second-order valence-electron chi connectivity index (χ2n) is 5.32. The summed E-state index contributed by atoms with van der Waals surface area (Å²) >= 11 is 0. The first kappa shape index (κ1) is 13.6. The van der Waals surface area contributed by atoms with Crippen LogP contribution >= 0.6 is 0 Å². The van der Waals surface area contributed by atoms with Crippen molar-refractivity contribution in [2.75, 3.05) is 12.4 Å². The van der Waals surface area contributed by atoms with E-state index in [4.69, 9.17) is 4.74 Å². The van der Waals surface area contributed by atoms with Gasteiger partial charge in [0.2, 0.25) is 5.95 Å². The van der Waals surface area contributed by atoms with Crippen molar-refractivity contribution in [2.45, 2.75) is 6.04 Å². The monoisotopic (exact) mass is 304 g/mol. The lowest BCUT2D eigenvalue weighted by Gasteiger charge is -2.24. The maximum Gasteiger partial charge on any atom is 0.226 e. The number of methoxy groups -OCH3 is 1. The van der Waals surface area contributed by atoms with Crippen molar-refractivity contribution in [3.63, 3.8) is 0 Å². The van der Waals surface area contributed by atoms with Gasteiger partial charge in [0.15, 0.2) is 0 Å². The molecule has 5 heteroatoms. The quantitative estimate of drug-likeness (QED) is 0.806. The fourth-order valence-electron chi connectivity index (χ4n) is 2.78. The lowest BCUT2D eigenvalue weighted by Crippen LogP contribution is -2.20. The summed E-state index contributed by atoms with van der Waals surface area (Å²) in [5, 5.41) is 7.70. The smallest absolute Gasteiger partial charge is 0.226 e. The second-order valence-corrected chi connectivity index (χ2v) is 5.32. The van der Waals surface area contributed by atoms with Crippen molar-refractivity contribution in [1.29, 1.82) is 0 Å². The molecule has 0 amide bonds. The Hall–Kier alpha value is -3.08. The topological polar surface area (TPSA) is 52.0 Å². The molecule has 4 rings (SSSR count). The van der Waals surface area contributed by atoms with E-state index in [1.807, 2.05) is 41.1 Å². The highest BCUT2D eigenvalue weighted by molar-refractivity contribution is 5.77. The first-order valence-corrected chi connectivity index (χ1v) is 7.43. The third-order valence-electron chi connectivity index (χ3n) is 3.93. The van der Waals surface area contributed by atoms with Gasteiger partial charge in [0.25, 0.3) is 0 Å². The predicted octanol–water partition coefficient (Wildman–Crippen LogP) is 3.34. The molecule has 0 saturated carbocycles. The Morgan fingerprint density at radius 3 is 2.78 bits per heavy atom. The maximum absolute atomic E-state index is 5.34. The van der Waals surface area contributed by atoms with Gasteiger partial charge in [0.1, 0.15) is 18.1 Å². The molecule has 1 aromatic heterocycles. The summed E-state index contributed by atoms with van der Waals surface area (Å²) in [6, 6.07) is 18.2. The lowest BCUT2D eigenvalue weighted by atomic mass is 10.0. The Morgan fingerprint density at radius 1 is 1.09 bits per heavy atom. The summed E-state index contributed by atoms with van der Waals surface area (Å²) in [4.78, 5) is 4.32. The molecule has 2 aromatic carbocycles. The van der Waals surface area contributed by atoms with Gasteiger partial charge < -0.3 is 10.1 Å². The summed E-state index contributed by atoms with van der Waals surface area (Å²) < 4.78 is 7.22. The fraction of sp³-hybridized carbons (Fsp3) is 0.111. The van der Waals surface area contributed by atoms with Gasteiger partial charge in [-0.3, -0.25) is 0 Å². The van der Waals surface area contributed by atoms with Gasteiger partial charge in [0.05, 0.1) is 7.11 Å². The number of allylic oxidation sites excluding steroid dienone is 1. The van der Waals surface area contributed by atoms with E-state index in [-0.39, 0.29) is 6.04 Å². The molecule has 1 N–H and O–H groups in total. The molecule has 0 fully saturated rings. The molecule has 0 unspecified atom stereocenters. The van der Waals surface area contributed by atoms with Crippen molar-refractivity contribution >= 4 is 11.6 Å². The first-order chi connectivity index (χ1) is 11.3. The minimum atomic E-state index is -0.0287. The average molecular weight is 304 g/mol. The summed E-state index contributed by atoms with van der Waals surface area (Å²) in [7, 11) is 1.67. The molecular formula is C18H16N4O. The van der Waals surface area contributed by atoms with Crippen LogP contribution in [0.1, 0.15) is 17.2 Å². The van der Waals surface area contributed by atoms with Crippen molar-refractivity contribution in [3.8, 4) is 5.75 Å². The zero-order chi connectivity index (χ0) is 15.6. The van der Waals surface area contributed by atoms with Crippen molar-refractivity contribution in [3.05, 3.63) is 78.1 Å². The predicted molar refractivity (Wildman–Crippen MR) is 89.2 cm³/mol. The van der Waals surface area contributed by atoms with Crippen molar-refractivity contribution in [1.82, 2.24) is 14.8 Å². The highest BCUT2D eigenvalue weighted by Gasteiger charge is 2.23. The number of benzene rings is 2. The molecule has 0 spiro atoms. The average Bonchev–Trinajstić information content (AvgIpc) is 3.10. The molecule has 0 radical (unpaired) electrons. The Balaban J connectivity index is 1.82. The number of ether oxygens (including phenoxy) is 1. The molecule has 3 aromatic rings. The van der Waals surface area contributed by atoms with Crippen molar-refractivity contribution in [2.24, 2.45) is 0 Å². The van der Waals surface area contributed by atoms with E-state index in [0.29, 0.717) is 0 Å². The molecule has 0 aliphatic carbocycles. The third-order valence-corrected chi connectivity index (χ3v) is 3.93. The lowest BCUT2D eigenvalue weighted by molar-refractivity contribution is 0.413. The molecule has 1 aliphatic rings. The van der Waals surface area contributed by atoms with E-state index in [1.54, 1.807) is 13.4 Å². The summed E-state index contributed by atoms with van der Waals surface area (Å²) in [6.07, 6.45) is 3.73. The molecule has 0 saturated heterocycles. The van der Waals surface area contributed by atoms with Gasteiger partial charge >= 0.3 is 0 Å². The molecule has 2 heterocycles. The third kappa shape index (κ3) is 2.46. The van der Waals surface area contributed by atoms with Crippen LogP contribution in [0.25, 0.3) is 5.70 Å². The van der Waals surface area contributed by atoms with E-state index < -0.39 is 0 Å². The number of hydrogen-bond acceptors (Lipinski definition) is 4. The largest absolute Gasteiger partial charge is 0.497 e. The molecule has 5 nitrogen and oxygen atoms in total. The van der Waals surface area contributed by atoms with Gasteiger partial charge in [-0.2, -0.15) is 10.1 Å². The Kier molecular flexibility index (Phi) is 3.31. The normalized spacial score (nSPS) is 16.2. The Morgan fingerprint density at radius 2 is 1.96 bits per heavy atom. The molecule has 1 atom stereocenters. The minimum Gasteiger partial charge on any atom is -0.497 e. The number of aromatic nitrogens is 3. The van der Waals surface area contributed by atoms with Gasteiger partial charge in [-0.05, 0) is 29.3 Å². The molecule has 114 valence electrons. The van der Waals surface area contributed by atoms with Crippen LogP contribution in [0.3, 0.4) is 0 Å². The minimum absolute atomic E-state index is 0.0287. The van der Waals surface area contributed by atoms with E-state index in [2.05, 4.69) is 39.7 Å². The van der Waals surface area contributed by atoms with Crippen LogP contribution in [0.4, 0.5) is 5.95 Å². The summed E-state index contributed by atoms with van der Waals surface area (Å²) in [5.74, 6) is 1.57. The molecule has 1 aliphatic heterocycles. The van der Waals surface area contributed by atoms with Crippen molar-refractivity contribution < 1.29 is 4.74 Å². The fourth-order valence-corrected chi connectivity index (χ4v) is 2.78. The maximum atomic E-state index is 5.34. The number of nitrogens with zero attached hydrogens (tertiary/aromatic N) is 3. The van der Waals surface area contributed by atoms with Crippen LogP contribution in [-0.2, 0) is 0 Å². The number of anilines is 1. The number of hydrogen-bond donors (Lipinski definition) is 1. The van der Waals surface area contributed by atoms with E-state index >= 15 is 0 Å². The van der Waals surface area contributed by atoms with Gasteiger partial charge in [0, 0.05) is 5.70 Å². The molecule has 0 bridgehead atoms. The van der Waals surface area contributed by atoms with Crippen LogP contribution in [0.5, 0.6) is 5.75 Å². The Labute approximate surface area is 134 Å². The van der Waals surface area contributed by atoms with Gasteiger partial charge in [-0.15, -0.1) is 0 Å². The van der Waals surface area contributed by atoms with Gasteiger partial charge in [-0.25, -0.2) is 4.68 Å². The van der Waals surface area contributed by atoms with Crippen LogP contribution in [0.15, 0.2) is 67.0 Å². The zero-order valence-electron chi connectivity index (χ0n) is 12.7. The molecule has 23 heavy (non-hydrogen) atoms.